The average Bonchev–Trinajstić information content (AvgIpc) is 2.69. The summed E-state index contributed by atoms with van der Waals surface area (Å²) in [5.41, 5.74) is 2.13. The SMILES string of the molecule is Cc1cn2c(n1)NC(c1ccc(F)cc1)CC2. The van der Waals surface area contributed by atoms with Crippen molar-refractivity contribution >= 4 is 5.95 Å². The van der Waals surface area contributed by atoms with Gasteiger partial charge in [-0.05, 0) is 31.0 Å². The number of rotatable bonds is 1. The van der Waals surface area contributed by atoms with Gasteiger partial charge in [0.2, 0.25) is 5.95 Å². The third-order valence-electron chi connectivity index (χ3n) is 3.13. The second-order valence-corrected chi connectivity index (χ2v) is 4.44. The first-order valence-corrected chi connectivity index (χ1v) is 5.78. The fourth-order valence-corrected chi connectivity index (χ4v) is 2.27. The van der Waals surface area contributed by atoms with Gasteiger partial charge < -0.3 is 9.88 Å². The van der Waals surface area contributed by atoms with E-state index in [4.69, 9.17) is 0 Å². The summed E-state index contributed by atoms with van der Waals surface area (Å²) in [6, 6.07) is 6.90. The van der Waals surface area contributed by atoms with Gasteiger partial charge in [0, 0.05) is 12.7 Å². The normalized spacial score (nSPS) is 18.6. The smallest absolute Gasteiger partial charge is 0.203 e. The van der Waals surface area contributed by atoms with Gasteiger partial charge in [0.1, 0.15) is 5.82 Å². The largest absolute Gasteiger partial charge is 0.349 e. The van der Waals surface area contributed by atoms with Crippen LogP contribution in [0, 0.1) is 12.7 Å². The van der Waals surface area contributed by atoms with Gasteiger partial charge in [-0.1, -0.05) is 12.1 Å². The molecular weight excluding hydrogens is 217 g/mol. The minimum Gasteiger partial charge on any atom is -0.349 e. The lowest BCUT2D eigenvalue weighted by Gasteiger charge is -2.25. The number of nitrogens with zero attached hydrogens (tertiary/aromatic N) is 2. The third kappa shape index (κ3) is 1.90. The topological polar surface area (TPSA) is 29.9 Å². The van der Waals surface area contributed by atoms with Crippen LogP contribution < -0.4 is 5.32 Å². The highest BCUT2D eigenvalue weighted by Gasteiger charge is 2.20. The van der Waals surface area contributed by atoms with E-state index in [2.05, 4.69) is 14.9 Å². The molecule has 17 heavy (non-hydrogen) atoms. The van der Waals surface area contributed by atoms with Crippen LogP contribution in [0.5, 0.6) is 0 Å². The molecule has 0 fully saturated rings. The molecule has 0 saturated carbocycles. The molecular formula is C13H14FN3. The van der Waals surface area contributed by atoms with E-state index in [0.717, 1.165) is 30.2 Å². The molecule has 2 heterocycles. The van der Waals surface area contributed by atoms with Crippen molar-refractivity contribution in [3.8, 4) is 0 Å². The first-order chi connectivity index (χ1) is 8.22. The maximum Gasteiger partial charge on any atom is 0.203 e. The first kappa shape index (κ1) is 10.3. The van der Waals surface area contributed by atoms with Crippen LogP contribution in [-0.2, 0) is 6.54 Å². The Labute approximate surface area is 99.3 Å². The van der Waals surface area contributed by atoms with Crippen molar-refractivity contribution in [2.75, 3.05) is 5.32 Å². The standard InChI is InChI=1S/C13H14FN3/c1-9-8-17-7-6-12(16-13(17)15-9)10-2-4-11(14)5-3-10/h2-5,8,12H,6-7H2,1H3,(H,15,16). The van der Waals surface area contributed by atoms with Crippen LogP contribution in [0.25, 0.3) is 0 Å². The van der Waals surface area contributed by atoms with E-state index in [-0.39, 0.29) is 11.9 Å². The molecule has 3 nitrogen and oxygen atoms in total. The number of aromatic nitrogens is 2. The predicted molar refractivity (Wildman–Crippen MR) is 64.3 cm³/mol. The lowest BCUT2D eigenvalue weighted by molar-refractivity contribution is 0.541. The third-order valence-corrected chi connectivity index (χ3v) is 3.13. The number of aryl methyl sites for hydroxylation is 2. The van der Waals surface area contributed by atoms with Gasteiger partial charge in [-0.3, -0.25) is 0 Å². The number of nitrogens with one attached hydrogen (secondary N) is 1. The van der Waals surface area contributed by atoms with Gasteiger partial charge in [-0.2, -0.15) is 0 Å². The van der Waals surface area contributed by atoms with Crippen LogP contribution in [0.3, 0.4) is 0 Å². The molecule has 1 aliphatic rings. The lowest BCUT2D eigenvalue weighted by Crippen LogP contribution is -2.21. The second kappa shape index (κ2) is 3.87. The van der Waals surface area contributed by atoms with E-state index in [1.54, 1.807) is 0 Å². The maximum absolute atomic E-state index is 12.9. The zero-order valence-electron chi connectivity index (χ0n) is 9.65. The molecule has 1 atom stereocenters. The summed E-state index contributed by atoms with van der Waals surface area (Å²) in [7, 11) is 0. The van der Waals surface area contributed by atoms with E-state index in [9.17, 15) is 4.39 Å². The van der Waals surface area contributed by atoms with Crippen molar-refractivity contribution < 1.29 is 4.39 Å². The van der Waals surface area contributed by atoms with Gasteiger partial charge in [0.25, 0.3) is 0 Å². The Bertz CT molecular complexity index is 530. The van der Waals surface area contributed by atoms with Gasteiger partial charge in [-0.25, -0.2) is 9.37 Å². The van der Waals surface area contributed by atoms with Gasteiger partial charge in [0.05, 0.1) is 11.7 Å². The summed E-state index contributed by atoms with van der Waals surface area (Å²) in [6.07, 6.45) is 3.04. The number of halogens is 1. The van der Waals surface area contributed by atoms with Gasteiger partial charge >= 0.3 is 0 Å². The zero-order chi connectivity index (χ0) is 11.8. The number of imidazole rings is 1. The molecule has 0 aliphatic carbocycles. The quantitative estimate of drug-likeness (QED) is 0.817. The van der Waals surface area contributed by atoms with Gasteiger partial charge in [0.15, 0.2) is 0 Å². The van der Waals surface area contributed by atoms with Crippen molar-refractivity contribution in [1.82, 2.24) is 9.55 Å². The Hall–Kier alpha value is -1.84. The molecule has 0 amide bonds. The van der Waals surface area contributed by atoms with Crippen molar-refractivity contribution in [1.29, 1.82) is 0 Å². The van der Waals surface area contributed by atoms with E-state index in [1.807, 2.05) is 25.3 Å². The molecule has 3 rings (SSSR count). The Morgan fingerprint density at radius 1 is 1.35 bits per heavy atom. The average molecular weight is 231 g/mol. The Kier molecular flexibility index (Phi) is 2.35. The zero-order valence-corrected chi connectivity index (χ0v) is 9.65. The number of benzene rings is 1. The van der Waals surface area contributed by atoms with Gasteiger partial charge in [-0.15, -0.1) is 0 Å². The highest BCUT2D eigenvalue weighted by molar-refractivity contribution is 5.36. The summed E-state index contributed by atoms with van der Waals surface area (Å²) >= 11 is 0. The molecule has 2 aromatic rings. The molecule has 1 N–H and O–H groups in total. The fraction of sp³-hybridized carbons (Fsp3) is 0.308. The van der Waals surface area contributed by atoms with Crippen molar-refractivity contribution in [3.05, 3.63) is 47.5 Å². The minimum absolute atomic E-state index is 0.193. The van der Waals surface area contributed by atoms with Crippen molar-refractivity contribution in [2.45, 2.75) is 25.9 Å². The fourth-order valence-electron chi connectivity index (χ4n) is 2.27. The first-order valence-electron chi connectivity index (χ1n) is 5.78. The maximum atomic E-state index is 12.9. The summed E-state index contributed by atoms with van der Waals surface area (Å²) in [6.45, 7) is 2.94. The Morgan fingerprint density at radius 3 is 2.88 bits per heavy atom. The number of anilines is 1. The molecule has 1 aliphatic heterocycles. The predicted octanol–water partition coefficient (Wildman–Crippen LogP) is 2.89. The van der Waals surface area contributed by atoms with E-state index in [0.29, 0.717) is 0 Å². The van der Waals surface area contributed by atoms with E-state index >= 15 is 0 Å². The second-order valence-electron chi connectivity index (χ2n) is 4.44. The molecule has 4 heteroatoms. The molecule has 1 aromatic carbocycles. The van der Waals surface area contributed by atoms with Crippen LogP contribution in [0.15, 0.2) is 30.5 Å². The van der Waals surface area contributed by atoms with Crippen molar-refractivity contribution in [3.63, 3.8) is 0 Å². The summed E-state index contributed by atoms with van der Waals surface area (Å²) < 4.78 is 15.0. The molecule has 0 spiro atoms. The molecule has 1 aromatic heterocycles. The molecule has 0 radical (unpaired) electrons. The lowest BCUT2D eigenvalue weighted by atomic mass is 10.0. The molecule has 88 valence electrons. The summed E-state index contributed by atoms with van der Waals surface area (Å²) in [4.78, 5) is 4.42. The van der Waals surface area contributed by atoms with Crippen LogP contribution in [0.4, 0.5) is 10.3 Å². The van der Waals surface area contributed by atoms with E-state index in [1.165, 1.54) is 12.1 Å². The summed E-state index contributed by atoms with van der Waals surface area (Å²) in [5.74, 6) is 0.713. The Morgan fingerprint density at radius 2 is 2.12 bits per heavy atom. The molecule has 1 unspecified atom stereocenters. The van der Waals surface area contributed by atoms with Crippen LogP contribution in [0.2, 0.25) is 0 Å². The summed E-state index contributed by atoms with van der Waals surface area (Å²) in [5, 5.41) is 3.38. The molecule has 0 saturated heterocycles. The van der Waals surface area contributed by atoms with Crippen molar-refractivity contribution in [2.24, 2.45) is 0 Å². The monoisotopic (exact) mass is 231 g/mol. The minimum atomic E-state index is -0.193. The number of fused-ring (bicyclic) bond motifs is 1. The molecule has 0 bridgehead atoms. The highest BCUT2D eigenvalue weighted by atomic mass is 19.1. The number of hydrogen-bond donors (Lipinski definition) is 1. The van der Waals surface area contributed by atoms with Crippen LogP contribution >= 0.6 is 0 Å². The Balaban J connectivity index is 1.86. The van der Waals surface area contributed by atoms with E-state index < -0.39 is 0 Å². The van der Waals surface area contributed by atoms with Crippen LogP contribution in [-0.4, -0.2) is 9.55 Å². The number of hydrogen-bond acceptors (Lipinski definition) is 2. The van der Waals surface area contributed by atoms with Crippen LogP contribution in [0.1, 0.15) is 23.7 Å². The highest BCUT2D eigenvalue weighted by Crippen LogP contribution is 2.28.